The van der Waals surface area contributed by atoms with Gasteiger partial charge < -0.3 is 9.62 Å². The molecule has 0 unspecified atom stereocenters. The third-order valence-corrected chi connectivity index (χ3v) is 1.09. The first kappa shape index (κ1) is 9.06. The van der Waals surface area contributed by atoms with E-state index in [0.717, 1.165) is 0 Å². The molecular formula is C8H12O4. The fraction of sp³-hybridized carbons (Fsp3) is 0.625. The van der Waals surface area contributed by atoms with Gasteiger partial charge in [-0.25, -0.2) is 4.79 Å². The van der Waals surface area contributed by atoms with Gasteiger partial charge in [0.05, 0.1) is 0 Å². The Kier molecular flexibility index (Phi) is 2.38. The minimum absolute atomic E-state index is 0.130. The van der Waals surface area contributed by atoms with Crippen LogP contribution in [-0.4, -0.2) is 18.2 Å². The highest BCUT2D eigenvalue weighted by Gasteiger charge is 2.23. The summed E-state index contributed by atoms with van der Waals surface area (Å²) in [6.07, 6.45) is 1.54. The fourth-order valence-electron chi connectivity index (χ4n) is 0.687. The van der Waals surface area contributed by atoms with Gasteiger partial charge in [0, 0.05) is 0 Å². The molecule has 0 aromatic heterocycles. The van der Waals surface area contributed by atoms with E-state index in [4.69, 9.17) is 4.74 Å². The predicted molar refractivity (Wildman–Crippen MR) is 41.0 cm³/mol. The molecule has 0 radical (unpaired) electrons. The van der Waals surface area contributed by atoms with Gasteiger partial charge in [-0.15, -0.1) is 0 Å². The molecule has 0 saturated heterocycles. The number of carbonyl (C=O) groups excluding carboxylic acids is 1. The predicted octanol–water partition coefficient (Wildman–Crippen LogP) is 1.17. The van der Waals surface area contributed by atoms with E-state index in [1.54, 1.807) is 20.8 Å². The molecule has 0 aromatic carbocycles. The normalized spacial score (nSPS) is 16.8. The lowest BCUT2D eigenvalue weighted by Crippen LogP contribution is -2.24. The largest absolute Gasteiger partial charge is 0.454 e. The molecule has 0 aliphatic carbocycles. The molecule has 68 valence electrons. The third kappa shape index (κ3) is 2.54. The molecule has 12 heavy (non-hydrogen) atoms. The SMILES string of the molecule is CC(C)(C)OC(=O)C1=CCOO1. The van der Waals surface area contributed by atoms with Crippen LogP contribution < -0.4 is 0 Å². The van der Waals surface area contributed by atoms with Crippen LogP contribution in [0, 0.1) is 0 Å². The third-order valence-electron chi connectivity index (χ3n) is 1.09. The molecule has 1 rings (SSSR count). The Balaban J connectivity index is 2.49. The molecule has 0 atom stereocenters. The van der Waals surface area contributed by atoms with Crippen LogP contribution in [-0.2, 0) is 19.3 Å². The Morgan fingerprint density at radius 1 is 1.58 bits per heavy atom. The van der Waals surface area contributed by atoms with Crippen molar-refractivity contribution in [3.8, 4) is 0 Å². The monoisotopic (exact) mass is 172 g/mol. The Bertz CT molecular complexity index is 212. The van der Waals surface area contributed by atoms with E-state index >= 15 is 0 Å². The maximum Gasteiger partial charge on any atom is 0.378 e. The summed E-state index contributed by atoms with van der Waals surface area (Å²) in [5.74, 6) is -0.357. The first-order valence-corrected chi connectivity index (χ1v) is 3.72. The van der Waals surface area contributed by atoms with Crippen LogP contribution in [0.25, 0.3) is 0 Å². The topological polar surface area (TPSA) is 44.8 Å². The van der Waals surface area contributed by atoms with Crippen LogP contribution in [0.5, 0.6) is 0 Å². The highest BCUT2D eigenvalue weighted by Crippen LogP contribution is 2.14. The van der Waals surface area contributed by atoms with Crippen molar-refractivity contribution < 1.29 is 19.3 Å². The van der Waals surface area contributed by atoms with Gasteiger partial charge in [-0.1, -0.05) is 0 Å². The molecule has 1 heterocycles. The molecule has 4 nitrogen and oxygen atoms in total. The fourth-order valence-corrected chi connectivity index (χ4v) is 0.687. The van der Waals surface area contributed by atoms with Crippen molar-refractivity contribution in [2.24, 2.45) is 0 Å². The molecule has 1 aliphatic rings. The molecule has 0 saturated carbocycles. The minimum Gasteiger partial charge on any atom is -0.454 e. The number of hydrogen-bond donors (Lipinski definition) is 0. The Hall–Kier alpha value is -1.03. The highest BCUT2D eigenvalue weighted by atomic mass is 17.2. The van der Waals surface area contributed by atoms with Crippen molar-refractivity contribution in [3.63, 3.8) is 0 Å². The summed E-state index contributed by atoms with van der Waals surface area (Å²) in [6, 6.07) is 0. The van der Waals surface area contributed by atoms with Gasteiger partial charge in [-0.2, -0.15) is 4.89 Å². The lowest BCUT2D eigenvalue weighted by molar-refractivity contribution is -0.239. The van der Waals surface area contributed by atoms with E-state index in [2.05, 4.69) is 9.78 Å². The summed E-state index contributed by atoms with van der Waals surface area (Å²) in [6.45, 7) is 5.68. The first-order valence-electron chi connectivity index (χ1n) is 3.72. The Morgan fingerprint density at radius 3 is 2.67 bits per heavy atom. The molecule has 0 bridgehead atoms. The molecule has 4 heteroatoms. The molecule has 0 aromatic rings. The van der Waals surface area contributed by atoms with Crippen molar-refractivity contribution in [1.82, 2.24) is 0 Å². The maximum absolute atomic E-state index is 11.2. The molecular weight excluding hydrogens is 160 g/mol. The average Bonchev–Trinajstić information content (AvgIpc) is 2.32. The lowest BCUT2D eigenvalue weighted by atomic mass is 10.2. The zero-order valence-corrected chi connectivity index (χ0v) is 7.42. The van der Waals surface area contributed by atoms with Crippen LogP contribution in [0.1, 0.15) is 20.8 Å². The smallest absolute Gasteiger partial charge is 0.378 e. The van der Waals surface area contributed by atoms with Gasteiger partial charge in [0.15, 0.2) is 0 Å². The number of rotatable bonds is 1. The van der Waals surface area contributed by atoms with Gasteiger partial charge in [-0.3, -0.25) is 0 Å². The van der Waals surface area contributed by atoms with E-state index in [-0.39, 0.29) is 5.76 Å². The van der Waals surface area contributed by atoms with Crippen LogP contribution in [0.15, 0.2) is 11.8 Å². The van der Waals surface area contributed by atoms with Crippen molar-refractivity contribution in [3.05, 3.63) is 11.8 Å². The van der Waals surface area contributed by atoms with E-state index < -0.39 is 11.6 Å². The molecule has 0 fully saturated rings. The standard InChI is InChI=1S/C8H12O4/c1-8(2,3)11-7(9)6-4-5-10-12-6/h4H,5H2,1-3H3. The molecule has 0 amide bonds. The van der Waals surface area contributed by atoms with Crippen LogP contribution in [0.2, 0.25) is 0 Å². The highest BCUT2D eigenvalue weighted by molar-refractivity contribution is 5.86. The summed E-state index contributed by atoms with van der Waals surface area (Å²) in [7, 11) is 0. The summed E-state index contributed by atoms with van der Waals surface area (Å²) in [4.78, 5) is 20.2. The maximum atomic E-state index is 11.2. The van der Waals surface area contributed by atoms with E-state index in [1.807, 2.05) is 0 Å². The second-order valence-corrected chi connectivity index (χ2v) is 3.44. The number of ether oxygens (including phenoxy) is 1. The van der Waals surface area contributed by atoms with Crippen molar-refractivity contribution >= 4 is 5.97 Å². The zero-order chi connectivity index (χ0) is 9.19. The summed E-state index contributed by atoms with van der Waals surface area (Å²) in [5, 5.41) is 0. The number of hydrogen-bond acceptors (Lipinski definition) is 4. The van der Waals surface area contributed by atoms with Gasteiger partial charge in [-0.05, 0) is 26.8 Å². The molecule has 0 spiro atoms. The van der Waals surface area contributed by atoms with Crippen LogP contribution in [0.3, 0.4) is 0 Å². The Morgan fingerprint density at radius 2 is 2.25 bits per heavy atom. The summed E-state index contributed by atoms with van der Waals surface area (Å²) in [5.41, 5.74) is -0.496. The van der Waals surface area contributed by atoms with Crippen LogP contribution >= 0.6 is 0 Å². The van der Waals surface area contributed by atoms with E-state index in [1.165, 1.54) is 6.08 Å². The first-order chi connectivity index (χ1) is 5.49. The number of carbonyl (C=O) groups is 1. The van der Waals surface area contributed by atoms with Crippen molar-refractivity contribution in [1.29, 1.82) is 0 Å². The second kappa shape index (κ2) is 3.15. The van der Waals surface area contributed by atoms with Crippen LogP contribution in [0.4, 0.5) is 0 Å². The zero-order valence-electron chi connectivity index (χ0n) is 7.42. The average molecular weight is 172 g/mol. The van der Waals surface area contributed by atoms with Gasteiger partial charge >= 0.3 is 5.97 Å². The van der Waals surface area contributed by atoms with Crippen molar-refractivity contribution in [2.75, 3.05) is 6.61 Å². The van der Waals surface area contributed by atoms with Gasteiger partial charge in [0.2, 0.25) is 5.76 Å². The second-order valence-electron chi connectivity index (χ2n) is 3.44. The van der Waals surface area contributed by atoms with Gasteiger partial charge in [0.1, 0.15) is 12.2 Å². The summed E-state index contributed by atoms with van der Waals surface area (Å²) >= 11 is 0. The van der Waals surface area contributed by atoms with E-state index in [9.17, 15) is 4.79 Å². The Labute approximate surface area is 71.0 Å². The minimum atomic E-state index is -0.496. The van der Waals surface area contributed by atoms with E-state index in [0.29, 0.717) is 6.61 Å². The quantitative estimate of drug-likeness (QED) is 0.440. The molecule has 1 aliphatic heterocycles. The lowest BCUT2D eigenvalue weighted by Gasteiger charge is -2.18. The molecule has 0 N–H and O–H groups in total. The summed E-state index contributed by atoms with van der Waals surface area (Å²) < 4.78 is 5.01. The number of esters is 1. The van der Waals surface area contributed by atoms with Crippen molar-refractivity contribution in [2.45, 2.75) is 26.4 Å². The van der Waals surface area contributed by atoms with Gasteiger partial charge in [0.25, 0.3) is 0 Å².